The lowest BCUT2D eigenvalue weighted by atomic mass is 9.98. The molecule has 8 nitrogen and oxygen atoms in total. The fraction of sp³-hybridized carbons (Fsp3) is 0. The van der Waals surface area contributed by atoms with E-state index in [2.05, 4.69) is 246 Å². The standard InChI is InChI=1S/C90H54N8/c91-55-58-24-30-65(31-25-58)68-22-13-23-73(48-68)88-94-89(74-36-42-76(66-32-26-59(56-92)27-33-66)86(53-74)97-82-44-38-69(61-14-5-1-6-15-61)49-78(82)79-50-70(39-45-83(79)97)62-16-7-2-8-17-62)96-90(95-88)75-37-43-77(67-34-28-60(57-93)29-35-67)87(54-75)98-84-46-40-71(63-18-9-3-10-19-63)51-80(84)81-52-72(41-47-85(81)98)64-20-11-4-12-21-64/h1-54H. The molecule has 0 N–H and O–H groups in total. The van der Waals surface area contributed by atoms with Gasteiger partial charge in [0.25, 0.3) is 0 Å². The number of hydrogen-bond donors (Lipinski definition) is 0. The molecule has 0 fully saturated rings. The molecule has 0 saturated heterocycles. The zero-order chi connectivity index (χ0) is 65.6. The van der Waals surface area contributed by atoms with E-state index >= 15 is 0 Å². The van der Waals surface area contributed by atoms with Crippen molar-refractivity contribution >= 4 is 43.6 Å². The van der Waals surface area contributed by atoms with Gasteiger partial charge in [-0.15, -0.1) is 0 Å². The Morgan fingerprint density at radius 1 is 0.204 bits per heavy atom. The van der Waals surface area contributed by atoms with Gasteiger partial charge in [-0.2, -0.15) is 15.8 Å². The Morgan fingerprint density at radius 2 is 0.449 bits per heavy atom. The van der Waals surface area contributed by atoms with Crippen molar-refractivity contribution in [3.05, 3.63) is 344 Å². The van der Waals surface area contributed by atoms with Crippen LogP contribution in [0.2, 0.25) is 0 Å². The molecule has 0 spiro atoms. The van der Waals surface area contributed by atoms with Gasteiger partial charge in [-0.05, 0) is 170 Å². The molecule has 0 bridgehead atoms. The zero-order valence-corrected chi connectivity index (χ0v) is 52.8. The predicted molar refractivity (Wildman–Crippen MR) is 397 cm³/mol. The molecule has 0 atom stereocenters. The summed E-state index contributed by atoms with van der Waals surface area (Å²) < 4.78 is 4.72. The van der Waals surface area contributed by atoms with Crippen LogP contribution in [0.1, 0.15) is 16.7 Å². The van der Waals surface area contributed by atoms with Crippen molar-refractivity contribution in [1.82, 2.24) is 24.1 Å². The van der Waals surface area contributed by atoms with Gasteiger partial charge in [0.05, 0.1) is 68.3 Å². The maximum Gasteiger partial charge on any atom is 0.164 e. The van der Waals surface area contributed by atoms with Gasteiger partial charge in [-0.1, -0.05) is 224 Å². The third-order valence-electron chi connectivity index (χ3n) is 18.7. The van der Waals surface area contributed by atoms with Crippen LogP contribution < -0.4 is 0 Å². The summed E-state index contributed by atoms with van der Waals surface area (Å²) in [5.74, 6) is 1.38. The maximum absolute atomic E-state index is 10.0. The molecule has 14 aromatic carbocycles. The Bertz CT molecular complexity index is 5580. The smallest absolute Gasteiger partial charge is 0.164 e. The molecule has 98 heavy (non-hydrogen) atoms. The molecule has 3 heterocycles. The van der Waals surface area contributed by atoms with E-state index in [1.807, 2.05) is 109 Å². The summed E-state index contributed by atoms with van der Waals surface area (Å²) in [6.45, 7) is 0. The minimum Gasteiger partial charge on any atom is -0.309 e. The first kappa shape index (κ1) is 58.0. The monoisotopic (exact) mass is 1250 g/mol. The summed E-state index contributed by atoms with van der Waals surface area (Å²) >= 11 is 0. The van der Waals surface area contributed by atoms with Crippen LogP contribution in [0.3, 0.4) is 0 Å². The first-order valence-electron chi connectivity index (χ1n) is 32.5. The van der Waals surface area contributed by atoms with E-state index in [1.165, 1.54) is 0 Å². The van der Waals surface area contributed by atoms with Crippen molar-refractivity contribution in [2.75, 3.05) is 0 Å². The molecule has 0 radical (unpaired) electrons. The summed E-state index contributed by atoms with van der Waals surface area (Å²) in [5, 5.41) is 34.2. The van der Waals surface area contributed by atoms with Gasteiger partial charge in [-0.25, -0.2) is 15.0 Å². The van der Waals surface area contributed by atoms with Crippen LogP contribution in [-0.2, 0) is 0 Å². The highest BCUT2D eigenvalue weighted by Gasteiger charge is 2.24. The highest BCUT2D eigenvalue weighted by molar-refractivity contribution is 6.14. The summed E-state index contributed by atoms with van der Waals surface area (Å²) in [7, 11) is 0. The Labute approximate surface area is 566 Å². The molecule has 454 valence electrons. The topological polar surface area (TPSA) is 120 Å². The summed E-state index contributed by atoms with van der Waals surface area (Å²) in [4.78, 5) is 16.5. The van der Waals surface area contributed by atoms with Crippen molar-refractivity contribution in [2.45, 2.75) is 0 Å². The first-order valence-corrected chi connectivity index (χ1v) is 32.5. The van der Waals surface area contributed by atoms with E-state index in [1.54, 1.807) is 0 Å². The van der Waals surface area contributed by atoms with Crippen LogP contribution in [0.4, 0.5) is 0 Å². The Morgan fingerprint density at radius 3 is 0.765 bits per heavy atom. The normalized spacial score (nSPS) is 11.2. The lowest BCUT2D eigenvalue weighted by Crippen LogP contribution is -2.03. The van der Waals surface area contributed by atoms with Gasteiger partial charge in [0.15, 0.2) is 17.5 Å². The van der Waals surface area contributed by atoms with Crippen LogP contribution in [0.25, 0.3) is 167 Å². The van der Waals surface area contributed by atoms with Crippen molar-refractivity contribution < 1.29 is 0 Å². The summed E-state index contributed by atoms with van der Waals surface area (Å²) in [6.07, 6.45) is 0. The van der Waals surface area contributed by atoms with Crippen LogP contribution in [0.5, 0.6) is 0 Å². The summed E-state index contributed by atoms with van der Waals surface area (Å²) in [6, 6.07) is 120. The summed E-state index contributed by atoms with van der Waals surface area (Å²) in [5.41, 5.74) is 24.4. The lowest BCUT2D eigenvalue weighted by molar-refractivity contribution is 1.07. The molecule has 0 aliphatic carbocycles. The number of nitrogens with zero attached hydrogens (tertiary/aromatic N) is 8. The maximum atomic E-state index is 10.0. The second-order valence-electron chi connectivity index (χ2n) is 24.5. The van der Waals surface area contributed by atoms with Crippen LogP contribution >= 0.6 is 0 Å². The molecule has 0 unspecified atom stereocenters. The highest BCUT2D eigenvalue weighted by atomic mass is 15.0. The van der Waals surface area contributed by atoms with Crippen molar-refractivity contribution in [2.24, 2.45) is 0 Å². The second-order valence-corrected chi connectivity index (χ2v) is 24.5. The van der Waals surface area contributed by atoms with Crippen LogP contribution in [0, 0.1) is 34.0 Å². The number of fused-ring (bicyclic) bond motifs is 6. The van der Waals surface area contributed by atoms with Gasteiger partial charge in [0.1, 0.15) is 0 Å². The number of benzene rings is 14. The van der Waals surface area contributed by atoms with Gasteiger partial charge in [-0.3, -0.25) is 0 Å². The molecule has 8 heteroatoms. The highest BCUT2D eigenvalue weighted by Crippen LogP contribution is 2.44. The van der Waals surface area contributed by atoms with E-state index in [0.29, 0.717) is 34.2 Å². The minimum absolute atomic E-state index is 0.455. The van der Waals surface area contributed by atoms with E-state index in [0.717, 1.165) is 150 Å². The molecule has 0 aliphatic rings. The van der Waals surface area contributed by atoms with Gasteiger partial charge >= 0.3 is 0 Å². The van der Waals surface area contributed by atoms with E-state index in [-0.39, 0.29) is 0 Å². The lowest BCUT2D eigenvalue weighted by Gasteiger charge is -2.18. The molecular formula is C90H54N8. The Kier molecular flexibility index (Phi) is 14.5. The number of aromatic nitrogens is 5. The molecule has 0 saturated carbocycles. The van der Waals surface area contributed by atoms with Crippen molar-refractivity contribution in [1.29, 1.82) is 15.8 Å². The fourth-order valence-corrected chi connectivity index (χ4v) is 13.8. The predicted octanol–water partition coefficient (Wildman–Crippen LogP) is 22.4. The minimum atomic E-state index is 0.455. The number of rotatable bonds is 12. The number of nitriles is 3. The third-order valence-corrected chi connectivity index (χ3v) is 18.7. The van der Waals surface area contributed by atoms with Crippen LogP contribution in [0.15, 0.2) is 328 Å². The van der Waals surface area contributed by atoms with Gasteiger partial charge in [0, 0.05) is 49.4 Å². The molecule has 3 aromatic heterocycles. The average molecular weight is 1250 g/mol. The Hall–Kier alpha value is -13.8. The average Bonchev–Trinajstić information content (AvgIpc) is 1.57. The first-order chi connectivity index (χ1) is 48.4. The van der Waals surface area contributed by atoms with E-state index < -0.39 is 0 Å². The molecule has 0 aliphatic heterocycles. The van der Waals surface area contributed by atoms with Gasteiger partial charge in [0.2, 0.25) is 0 Å². The van der Waals surface area contributed by atoms with E-state index in [9.17, 15) is 15.8 Å². The third kappa shape index (κ3) is 10.6. The largest absolute Gasteiger partial charge is 0.309 e. The number of hydrogen-bond acceptors (Lipinski definition) is 6. The molecular weight excluding hydrogens is 1190 g/mol. The van der Waals surface area contributed by atoms with Crippen LogP contribution in [-0.4, -0.2) is 24.1 Å². The van der Waals surface area contributed by atoms with Gasteiger partial charge < -0.3 is 9.13 Å². The fourth-order valence-electron chi connectivity index (χ4n) is 13.8. The SMILES string of the molecule is N#Cc1ccc(-c2cccc(-c3nc(-c4ccc(-c5ccc(C#N)cc5)c(-n5c6ccc(-c7ccccc7)cc6c6cc(-c7ccccc7)ccc65)c4)nc(-c4ccc(-c5ccc(C#N)cc5)c(-n5c6ccc(-c7ccccc7)cc6c6cc(-c7ccccc7)ccc65)c4)n3)c2)cc1. The quantitative estimate of drug-likeness (QED) is 0.120. The second kappa shape index (κ2) is 24.6. The zero-order valence-electron chi connectivity index (χ0n) is 52.8. The van der Waals surface area contributed by atoms with E-state index in [4.69, 9.17) is 15.0 Å². The van der Waals surface area contributed by atoms with Crippen molar-refractivity contribution in [3.63, 3.8) is 0 Å². The molecule has 17 aromatic rings. The molecule has 0 amide bonds. The molecule has 17 rings (SSSR count). The van der Waals surface area contributed by atoms with Crippen molar-refractivity contribution in [3.8, 4) is 142 Å². The Balaban J connectivity index is 0.913.